The van der Waals surface area contributed by atoms with Crippen LogP contribution in [0.5, 0.6) is 5.75 Å². The third-order valence-corrected chi connectivity index (χ3v) is 2.94. The summed E-state index contributed by atoms with van der Waals surface area (Å²) in [5.74, 6) is -0.297. The van der Waals surface area contributed by atoms with Crippen molar-refractivity contribution in [1.29, 1.82) is 5.26 Å². The maximum Gasteiger partial charge on any atom is 0.337 e. The number of nitrogens with one attached hydrogen (secondary N) is 1. The summed E-state index contributed by atoms with van der Waals surface area (Å²) in [6, 6.07) is 14.8. The number of esters is 1. The zero-order valence-electron chi connectivity index (χ0n) is 12.4. The second-order valence-corrected chi connectivity index (χ2v) is 4.54. The minimum Gasteiger partial charge on any atom is -0.484 e. The van der Waals surface area contributed by atoms with Crippen LogP contribution in [-0.2, 0) is 9.53 Å². The highest BCUT2D eigenvalue weighted by Crippen LogP contribution is 2.13. The largest absolute Gasteiger partial charge is 0.484 e. The number of benzene rings is 2. The quantitative estimate of drug-likeness (QED) is 0.856. The van der Waals surface area contributed by atoms with E-state index in [1.807, 2.05) is 6.07 Å². The Bertz CT molecular complexity index is 731. The summed E-state index contributed by atoms with van der Waals surface area (Å²) in [7, 11) is 1.31. The molecular weight excluding hydrogens is 296 g/mol. The summed E-state index contributed by atoms with van der Waals surface area (Å²) < 4.78 is 9.93. The van der Waals surface area contributed by atoms with E-state index in [1.165, 1.54) is 7.11 Å². The Labute approximate surface area is 133 Å². The smallest absolute Gasteiger partial charge is 0.337 e. The predicted molar refractivity (Wildman–Crippen MR) is 83.1 cm³/mol. The number of hydrogen-bond acceptors (Lipinski definition) is 5. The van der Waals surface area contributed by atoms with E-state index in [0.29, 0.717) is 22.6 Å². The second-order valence-electron chi connectivity index (χ2n) is 4.54. The van der Waals surface area contributed by atoms with Crippen LogP contribution in [-0.4, -0.2) is 25.6 Å². The van der Waals surface area contributed by atoms with Crippen LogP contribution in [0, 0.1) is 11.3 Å². The minimum atomic E-state index is -0.435. The maximum atomic E-state index is 11.8. The molecule has 0 saturated heterocycles. The summed E-state index contributed by atoms with van der Waals surface area (Å²) in [5, 5.41) is 11.4. The molecule has 0 heterocycles. The monoisotopic (exact) mass is 310 g/mol. The normalized spacial score (nSPS) is 9.57. The van der Waals surface area contributed by atoms with Crippen molar-refractivity contribution in [2.75, 3.05) is 19.0 Å². The number of carbonyl (C=O) groups is 2. The van der Waals surface area contributed by atoms with Crippen LogP contribution in [0.15, 0.2) is 48.5 Å². The van der Waals surface area contributed by atoms with Crippen LogP contribution in [0.1, 0.15) is 15.9 Å². The van der Waals surface area contributed by atoms with Crippen molar-refractivity contribution >= 4 is 17.6 Å². The van der Waals surface area contributed by atoms with E-state index in [9.17, 15) is 9.59 Å². The van der Waals surface area contributed by atoms with Crippen molar-refractivity contribution in [3.8, 4) is 11.8 Å². The fraction of sp³-hybridized carbons (Fsp3) is 0.118. The summed E-state index contributed by atoms with van der Waals surface area (Å²) in [4.78, 5) is 23.1. The first kappa shape index (κ1) is 16.0. The number of methoxy groups -OCH3 is 1. The van der Waals surface area contributed by atoms with Gasteiger partial charge in [-0.3, -0.25) is 4.79 Å². The van der Waals surface area contributed by atoms with E-state index < -0.39 is 5.97 Å². The Morgan fingerprint density at radius 1 is 1.09 bits per heavy atom. The molecule has 0 aliphatic carbocycles. The van der Waals surface area contributed by atoms with Crippen LogP contribution >= 0.6 is 0 Å². The summed E-state index contributed by atoms with van der Waals surface area (Å²) in [6.45, 7) is -0.169. The van der Waals surface area contributed by atoms with Gasteiger partial charge in [0.25, 0.3) is 5.91 Å². The molecule has 1 amide bonds. The SMILES string of the molecule is COC(=O)c1ccc(OCC(=O)Nc2ccc(C#N)cc2)cc1. The van der Waals surface area contributed by atoms with E-state index in [4.69, 9.17) is 10.00 Å². The van der Waals surface area contributed by atoms with Gasteiger partial charge in [-0.05, 0) is 48.5 Å². The lowest BCUT2D eigenvalue weighted by atomic mass is 10.2. The van der Waals surface area contributed by atoms with Gasteiger partial charge >= 0.3 is 5.97 Å². The molecule has 116 valence electrons. The first-order chi connectivity index (χ1) is 11.1. The Morgan fingerprint density at radius 3 is 2.30 bits per heavy atom. The number of carbonyl (C=O) groups excluding carboxylic acids is 2. The Kier molecular flexibility index (Phi) is 5.31. The highest BCUT2D eigenvalue weighted by atomic mass is 16.5. The van der Waals surface area contributed by atoms with Gasteiger partial charge in [0.1, 0.15) is 5.75 Å². The molecule has 1 N–H and O–H groups in total. The van der Waals surface area contributed by atoms with Crippen molar-refractivity contribution in [1.82, 2.24) is 0 Å². The molecule has 0 unspecified atom stereocenters. The molecule has 0 bridgehead atoms. The average Bonchev–Trinajstić information content (AvgIpc) is 2.60. The van der Waals surface area contributed by atoms with Gasteiger partial charge in [0.2, 0.25) is 0 Å². The first-order valence-corrected chi connectivity index (χ1v) is 6.73. The molecule has 0 radical (unpaired) electrons. The molecule has 6 nitrogen and oxygen atoms in total. The Hall–Kier alpha value is -3.33. The number of rotatable bonds is 5. The number of hydrogen-bond donors (Lipinski definition) is 1. The number of amides is 1. The third-order valence-electron chi connectivity index (χ3n) is 2.94. The first-order valence-electron chi connectivity index (χ1n) is 6.73. The average molecular weight is 310 g/mol. The molecule has 0 saturated carbocycles. The zero-order valence-corrected chi connectivity index (χ0v) is 12.4. The number of anilines is 1. The highest BCUT2D eigenvalue weighted by molar-refractivity contribution is 5.92. The van der Waals surface area contributed by atoms with Gasteiger partial charge in [-0.1, -0.05) is 0 Å². The zero-order chi connectivity index (χ0) is 16.7. The van der Waals surface area contributed by atoms with Crippen molar-refractivity contribution < 1.29 is 19.1 Å². The van der Waals surface area contributed by atoms with E-state index in [2.05, 4.69) is 10.1 Å². The second kappa shape index (κ2) is 7.61. The summed E-state index contributed by atoms with van der Waals surface area (Å²) in [6.07, 6.45) is 0. The molecule has 0 fully saturated rings. The van der Waals surface area contributed by atoms with Gasteiger partial charge in [0, 0.05) is 5.69 Å². The van der Waals surface area contributed by atoms with Crippen LogP contribution in [0.3, 0.4) is 0 Å². The molecule has 0 spiro atoms. The van der Waals surface area contributed by atoms with Gasteiger partial charge in [-0.15, -0.1) is 0 Å². The van der Waals surface area contributed by atoms with Crippen molar-refractivity contribution in [2.45, 2.75) is 0 Å². The molecule has 23 heavy (non-hydrogen) atoms. The predicted octanol–water partition coefficient (Wildman–Crippen LogP) is 2.36. The molecule has 2 aromatic carbocycles. The van der Waals surface area contributed by atoms with Crippen molar-refractivity contribution in [3.05, 3.63) is 59.7 Å². The molecule has 2 aromatic rings. The van der Waals surface area contributed by atoms with Crippen LogP contribution in [0.4, 0.5) is 5.69 Å². The molecule has 2 rings (SSSR count). The van der Waals surface area contributed by atoms with Gasteiger partial charge in [-0.2, -0.15) is 5.26 Å². The van der Waals surface area contributed by atoms with Crippen molar-refractivity contribution in [3.63, 3.8) is 0 Å². The number of ether oxygens (including phenoxy) is 2. The van der Waals surface area contributed by atoms with Gasteiger partial charge in [0.15, 0.2) is 6.61 Å². The standard InChI is InChI=1S/C17H14N2O4/c1-22-17(21)13-4-8-15(9-5-13)23-11-16(20)19-14-6-2-12(10-18)3-7-14/h2-9H,11H2,1H3,(H,19,20). The summed E-state index contributed by atoms with van der Waals surface area (Å²) in [5.41, 5.74) is 1.51. The topological polar surface area (TPSA) is 88.4 Å². The lowest BCUT2D eigenvalue weighted by Crippen LogP contribution is -2.20. The van der Waals surface area contributed by atoms with Gasteiger partial charge < -0.3 is 14.8 Å². The third kappa shape index (κ3) is 4.58. The molecule has 0 aliphatic heterocycles. The van der Waals surface area contributed by atoms with Crippen LogP contribution in [0.2, 0.25) is 0 Å². The van der Waals surface area contributed by atoms with E-state index in [-0.39, 0.29) is 12.5 Å². The van der Waals surface area contributed by atoms with Crippen molar-refractivity contribution in [2.24, 2.45) is 0 Å². The number of nitriles is 1. The van der Waals surface area contributed by atoms with Gasteiger partial charge in [0.05, 0.1) is 24.3 Å². The number of nitrogens with zero attached hydrogens (tertiary/aromatic N) is 1. The van der Waals surface area contributed by atoms with Crippen LogP contribution in [0.25, 0.3) is 0 Å². The lowest BCUT2D eigenvalue weighted by Gasteiger charge is -2.08. The Morgan fingerprint density at radius 2 is 1.74 bits per heavy atom. The van der Waals surface area contributed by atoms with E-state index >= 15 is 0 Å². The Balaban J connectivity index is 1.86. The molecule has 0 aliphatic rings. The lowest BCUT2D eigenvalue weighted by molar-refractivity contribution is -0.118. The van der Waals surface area contributed by atoms with E-state index in [1.54, 1.807) is 48.5 Å². The fourth-order valence-electron chi connectivity index (χ4n) is 1.78. The fourth-order valence-corrected chi connectivity index (χ4v) is 1.78. The van der Waals surface area contributed by atoms with E-state index in [0.717, 1.165) is 0 Å². The highest BCUT2D eigenvalue weighted by Gasteiger charge is 2.07. The molecule has 6 heteroatoms. The van der Waals surface area contributed by atoms with Gasteiger partial charge in [-0.25, -0.2) is 4.79 Å². The molecule has 0 aromatic heterocycles. The van der Waals surface area contributed by atoms with Crippen LogP contribution < -0.4 is 10.1 Å². The maximum absolute atomic E-state index is 11.8. The minimum absolute atomic E-state index is 0.169. The molecular formula is C17H14N2O4. The summed E-state index contributed by atoms with van der Waals surface area (Å²) >= 11 is 0. The molecule has 0 atom stereocenters.